The predicted molar refractivity (Wildman–Crippen MR) is 129 cm³/mol. The zero-order valence-electron chi connectivity index (χ0n) is 19.1. The Morgan fingerprint density at radius 2 is 1.75 bits per heavy atom. The Hall–Kier alpha value is -1.54. The van der Waals surface area contributed by atoms with E-state index in [0.29, 0.717) is 31.3 Å². The molecule has 2 saturated heterocycles. The normalized spacial score (nSPS) is 19.1. The van der Waals surface area contributed by atoms with Gasteiger partial charge in [-0.05, 0) is 44.4 Å². The number of ether oxygens (including phenoxy) is 1. The molecule has 2 aliphatic rings. The van der Waals surface area contributed by atoms with Crippen LogP contribution in [0, 0.1) is 0 Å². The number of likely N-dealkylation sites (tertiary alicyclic amines) is 1. The molecule has 1 aromatic carbocycles. The number of para-hydroxylation sites is 1. The molecule has 0 radical (unpaired) electrons. The second-order valence-corrected chi connectivity index (χ2v) is 10.3. The van der Waals surface area contributed by atoms with Crippen molar-refractivity contribution in [2.45, 2.75) is 63.4 Å². The van der Waals surface area contributed by atoms with Crippen molar-refractivity contribution in [3.63, 3.8) is 0 Å². The number of morpholine rings is 1. The van der Waals surface area contributed by atoms with Crippen LogP contribution >= 0.6 is 11.3 Å². The van der Waals surface area contributed by atoms with Crippen LogP contribution in [0.25, 0.3) is 10.2 Å². The van der Waals surface area contributed by atoms with Gasteiger partial charge in [0.1, 0.15) is 0 Å². The largest absolute Gasteiger partial charge is 0.396 e. The van der Waals surface area contributed by atoms with Crippen molar-refractivity contribution in [2.75, 3.05) is 45.9 Å². The van der Waals surface area contributed by atoms with Crippen molar-refractivity contribution in [3.05, 3.63) is 29.3 Å². The van der Waals surface area contributed by atoms with E-state index in [1.54, 1.807) is 0 Å². The molecule has 0 bridgehead atoms. The third-order valence-electron chi connectivity index (χ3n) is 6.91. The van der Waals surface area contributed by atoms with Crippen LogP contribution < -0.4 is 0 Å². The number of aliphatic hydroxyl groups is 1. The van der Waals surface area contributed by atoms with Crippen LogP contribution in [0.3, 0.4) is 0 Å². The van der Waals surface area contributed by atoms with Crippen molar-refractivity contribution < 1.29 is 14.6 Å². The topological polar surface area (TPSA) is 65.9 Å². The standard InChI is InChI=1S/C25H37N3O3S/c29-18-9-5-3-1-2-4-8-14-27-15-12-25(13-16-27)20-28(17-19-31-25)24(30)23-26-21-10-6-7-11-22(21)32-23/h6-7,10-11,29H,1-5,8-9,12-20H2. The van der Waals surface area contributed by atoms with Gasteiger partial charge in [-0.2, -0.15) is 0 Å². The molecular weight excluding hydrogens is 422 g/mol. The Morgan fingerprint density at radius 3 is 2.50 bits per heavy atom. The van der Waals surface area contributed by atoms with Gasteiger partial charge in [0.25, 0.3) is 5.91 Å². The highest BCUT2D eigenvalue weighted by molar-refractivity contribution is 7.20. The average Bonchev–Trinajstić information content (AvgIpc) is 3.26. The van der Waals surface area contributed by atoms with Crippen molar-refractivity contribution >= 4 is 27.5 Å². The summed E-state index contributed by atoms with van der Waals surface area (Å²) >= 11 is 1.49. The van der Waals surface area contributed by atoms with E-state index in [-0.39, 0.29) is 11.5 Å². The van der Waals surface area contributed by atoms with Gasteiger partial charge in [0.15, 0.2) is 5.01 Å². The molecule has 0 saturated carbocycles. The number of piperidine rings is 1. The minimum atomic E-state index is -0.187. The molecule has 176 valence electrons. The number of aromatic nitrogens is 1. The zero-order chi connectivity index (χ0) is 22.2. The summed E-state index contributed by atoms with van der Waals surface area (Å²) in [7, 11) is 0. The number of hydrogen-bond donors (Lipinski definition) is 1. The zero-order valence-corrected chi connectivity index (χ0v) is 20.0. The van der Waals surface area contributed by atoms with Gasteiger partial charge in [-0.1, -0.05) is 44.2 Å². The minimum Gasteiger partial charge on any atom is -0.396 e. The van der Waals surface area contributed by atoms with E-state index in [0.717, 1.165) is 49.0 Å². The van der Waals surface area contributed by atoms with Gasteiger partial charge in [-0.3, -0.25) is 4.79 Å². The lowest BCUT2D eigenvalue weighted by Crippen LogP contribution is -2.58. The Morgan fingerprint density at radius 1 is 1.03 bits per heavy atom. The molecule has 3 heterocycles. The number of hydrogen-bond acceptors (Lipinski definition) is 6. The lowest BCUT2D eigenvalue weighted by molar-refractivity contribution is -0.127. The maximum Gasteiger partial charge on any atom is 0.283 e. The smallest absolute Gasteiger partial charge is 0.283 e. The molecule has 6 nitrogen and oxygen atoms in total. The van der Waals surface area contributed by atoms with Crippen LogP contribution in [-0.4, -0.2) is 77.3 Å². The minimum absolute atomic E-state index is 0.0512. The molecule has 32 heavy (non-hydrogen) atoms. The van der Waals surface area contributed by atoms with Gasteiger partial charge in [0, 0.05) is 26.2 Å². The summed E-state index contributed by atoms with van der Waals surface area (Å²) in [6, 6.07) is 7.95. The van der Waals surface area contributed by atoms with Gasteiger partial charge >= 0.3 is 0 Å². The lowest BCUT2D eigenvalue weighted by atomic mass is 9.89. The summed E-state index contributed by atoms with van der Waals surface area (Å²) in [5.74, 6) is 0.0512. The van der Waals surface area contributed by atoms with Crippen molar-refractivity contribution in [1.29, 1.82) is 0 Å². The second-order valence-electron chi connectivity index (χ2n) is 9.29. The van der Waals surface area contributed by atoms with E-state index in [4.69, 9.17) is 9.84 Å². The lowest BCUT2D eigenvalue weighted by Gasteiger charge is -2.47. The van der Waals surface area contributed by atoms with Crippen molar-refractivity contribution in [1.82, 2.24) is 14.8 Å². The van der Waals surface area contributed by atoms with Crippen molar-refractivity contribution in [2.24, 2.45) is 0 Å². The Bertz CT molecular complexity index is 830. The molecule has 0 aliphatic carbocycles. The highest BCUT2D eigenvalue weighted by atomic mass is 32.1. The summed E-state index contributed by atoms with van der Waals surface area (Å²) in [6.45, 7) is 5.56. The van der Waals surface area contributed by atoms with E-state index < -0.39 is 0 Å². The number of fused-ring (bicyclic) bond motifs is 1. The third-order valence-corrected chi connectivity index (χ3v) is 7.94. The molecule has 4 rings (SSSR count). The Kier molecular flexibility index (Phi) is 8.52. The molecule has 7 heteroatoms. The number of thiazole rings is 1. The fraction of sp³-hybridized carbons (Fsp3) is 0.680. The third kappa shape index (κ3) is 6.07. The molecule has 1 aromatic heterocycles. The summed E-state index contributed by atoms with van der Waals surface area (Å²) in [4.78, 5) is 22.2. The molecule has 0 unspecified atom stereocenters. The van der Waals surface area contributed by atoms with Gasteiger partial charge in [0.2, 0.25) is 0 Å². The van der Waals surface area contributed by atoms with Gasteiger partial charge in [-0.15, -0.1) is 11.3 Å². The monoisotopic (exact) mass is 459 g/mol. The number of rotatable bonds is 10. The first-order valence-corrected chi connectivity index (χ1v) is 13.1. The first-order valence-electron chi connectivity index (χ1n) is 12.3. The molecule has 1 spiro atoms. The number of carbonyl (C=O) groups is 1. The summed E-state index contributed by atoms with van der Waals surface area (Å²) in [6.07, 6.45) is 10.5. The van der Waals surface area contributed by atoms with Gasteiger partial charge < -0.3 is 19.6 Å². The van der Waals surface area contributed by atoms with Gasteiger partial charge in [0.05, 0.1) is 29.0 Å². The van der Waals surface area contributed by atoms with Gasteiger partial charge in [-0.25, -0.2) is 4.98 Å². The molecule has 1 amide bonds. The quantitative estimate of drug-likeness (QED) is 0.536. The number of aliphatic hydroxyl groups excluding tert-OH is 1. The second kappa shape index (κ2) is 11.5. The highest BCUT2D eigenvalue weighted by Crippen LogP contribution is 2.32. The number of benzene rings is 1. The van der Waals surface area contributed by atoms with Crippen LogP contribution in [0.5, 0.6) is 0 Å². The maximum atomic E-state index is 13.1. The van der Waals surface area contributed by atoms with E-state index in [1.807, 2.05) is 29.2 Å². The SMILES string of the molecule is O=C(c1nc2ccccc2s1)N1CCOC2(CCN(CCCCCCCCCO)CC2)C1. The molecule has 1 N–H and O–H groups in total. The molecule has 2 aromatic rings. The number of nitrogens with zero attached hydrogens (tertiary/aromatic N) is 3. The summed E-state index contributed by atoms with van der Waals surface area (Å²) in [5, 5.41) is 9.42. The first-order chi connectivity index (χ1) is 15.7. The van der Waals surface area contributed by atoms with E-state index in [9.17, 15) is 4.79 Å². The van der Waals surface area contributed by atoms with Crippen LogP contribution in [-0.2, 0) is 4.74 Å². The number of unbranched alkanes of at least 4 members (excludes halogenated alkanes) is 6. The van der Waals surface area contributed by atoms with E-state index in [1.165, 1.54) is 50.0 Å². The highest BCUT2D eigenvalue weighted by Gasteiger charge is 2.41. The predicted octanol–water partition coefficient (Wildman–Crippen LogP) is 4.33. The summed E-state index contributed by atoms with van der Waals surface area (Å²) in [5.41, 5.74) is 0.718. The van der Waals surface area contributed by atoms with Crippen LogP contribution in [0.1, 0.15) is 67.6 Å². The Labute approximate surface area is 195 Å². The van der Waals surface area contributed by atoms with Crippen LogP contribution in [0.15, 0.2) is 24.3 Å². The molecular formula is C25H37N3O3S. The number of carbonyl (C=O) groups excluding carboxylic acids is 1. The summed E-state index contributed by atoms with van der Waals surface area (Å²) < 4.78 is 7.33. The van der Waals surface area contributed by atoms with E-state index in [2.05, 4.69) is 9.88 Å². The fourth-order valence-electron chi connectivity index (χ4n) is 4.93. The fourth-order valence-corrected chi connectivity index (χ4v) is 5.87. The maximum absolute atomic E-state index is 13.1. The molecule has 0 atom stereocenters. The molecule has 2 fully saturated rings. The molecule has 2 aliphatic heterocycles. The average molecular weight is 460 g/mol. The van der Waals surface area contributed by atoms with Crippen LogP contribution in [0.4, 0.5) is 0 Å². The first kappa shape index (κ1) is 23.6. The Balaban J connectivity index is 1.20. The number of amides is 1. The van der Waals surface area contributed by atoms with Crippen LogP contribution in [0.2, 0.25) is 0 Å². The van der Waals surface area contributed by atoms with E-state index >= 15 is 0 Å². The van der Waals surface area contributed by atoms with Crippen molar-refractivity contribution in [3.8, 4) is 0 Å².